The summed E-state index contributed by atoms with van der Waals surface area (Å²) in [6.45, 7) is 2.77. The Morgan fingerprint density at radius 3 is 3.09 bits per heavy atom. The zero-order chi connectivity index (χ0) is 15.7. The molecule has 0 aliphatic carbocycles. The molecule has 22 heavy (non-hydrogen) atoms. The molecule has 1 fully saturated rings. The van der Waals surface area contributed by atoms with Gasteiger partial charge in [-0.1, -0.05) is 19.1 Å². The molecule has 1 unspecified atom stereocenters. The van der Waals surface area contributed by atoms with E-state index in [2.05, 4.69) is 14.9 Å². The van der Waals surface area contributed by atoms with E-state index >= 15 is 0 Å². The van der Waals surface area contributed by atoms with E-state index < -0.39 is 15.3 Å². The van der Waals surface area contributed by atoms with Gasteiger partial charge in [-0.2, -0.15) is 5.10 Å². The number of aromatic amines is 1. The van der Waals surface area contributed by atoms with E-state index in [-0.39, 0.29) is 12.5 Å². The number of nitrogens with zero attached hydrogens (tertiary/aromatic N) is 2. The number of H-pyrrole nitrogens is 1. The second-order valence-corrected chi connectivity index (χ2v) is 7.39. The van der Waals surface area contributed by atoms with Crippen LogP contribution in [-0.2, 0) is 10.0 Å². The minimum Gasteiger partial charge on any atom is -0.337 e. The number of amides is 1. The summed E-state index contributed by atoms with van der Waals surface area (Å²) in [4.78, 5) is 14.2. The smallest absolute Gasteiger partial charge is 0.256 e. The number of hydrogen-bond donors (Lipinski definition) is 2. The molecular weight excluding hydrogens is 304 g/mol. The largest absolute Gasteiger partial charge is 0.337 e. The third-order valence-corrected chi connectivity index (χ3v) is 5.88. The molecule has 118 valence electrons. The fourth-order valence-corrected chi connectivity index (χ4v) is 4.23. The number of nitrogens with one attached hydrogen (secondary N) is 2. The normalized spacial score (nSPS) is 19.0. The third-order valence-electron chi connectivity index (χ3n) is 3.92. The lowest BCUT2D eigenvalue weighted by molar-refractivity contribution is 0.0795. The Morgan fingerprint density at radius 2 is 2.32 bits per heavy atom. The first kappa shape index (κ1) is 15.0. The molecule has 0 radical (unpaired) electrons. The highest BCUT2D eigenvalue weighted by Crippen LogP contribution is 2.22. The van der Waals surface area contributed by atoms with Gasteiger partial charge in [-0.25, -0.2) is 13.1 Å². The molecule has 1 atom stereocenters. The van der Waals surface area contributed by atoms with Crippen LogP contribution in [0.25, 0.3) is 10.9 Å². The van der Waals surface area contributed by atoms with Crippen LogP contribution in [0.3, 0.4) is 0 Å². The van der Waals surface area contributed by atoms with Crippen LogP contribution < -0.4 is 4.72 Å². The standard InChI is InChI=1S/C14H18N4O3S/c1-2-16-22(20,21)11-6-7-18(9-11)14(19)12-5-3-4-10-8-15-17-13(10)12/h3-5,8,11,16H,2,6-7,9H2,1H3,(H,15,17). The third kappa shape index (κ3) is 2.59. The average Bonchev–Trinajstić information content (AvgIpc) is 3.15. The lowest BCUT2D eigenvalue weighted by Crippen LogP contribution is -2.37. The van der Waals surface area contributed by atoms with Crippen molar-refractivity contribution < 1.29 is 13.2 Å². The highest BCUT2D eigenvalue weighted by atomic mass is 32.2. The van der Waals surface area contributed by atoms with Gasteiger partial charge in [0, 0.05) is 25.0 Å². The van der Waals surface area contributed by atoms with Crippen molar-refractivity contribution >= 4 is 26.8 Å². The second kappa shape index (κ2) is 5.69. The van der Waals surface area contributed by atoms with Gasteiger partial charge in [0.2, 0.25) is 10.0 Å². The summed E-state index contributed by atoms with van der Waals surface area (Å²) in [5.74, 6) is -0.163. The molecule has 0 bridgehead atoms. The van der Waals surface area contributed by atoms with Gasteiger partial charge in [0.1, 0.15) is 0 Å². The number of benzene rings is 1. The zero-order valence-electron chi connectivity index (χ0n) is 12.2. The van der Waals surface area contributed by atoms with Crippen molar-refractivity contribution in [3.05, 3.63) is 30.0 Å². The minimum atomic E-state index is -3.35. The highest BCUT2D eigenvalue weighted by molar-refractivity contribution is 7.90. The number of carbonyl (C=O) groups is 1. The number of carbonyl (C=O) groups excluding carboxylic acids is 1. The van der Waals surface area contributed by atoms with Crippen LogP contribution in [0.2, 0.25) is 0 Å². The number of rotatable bonds is 4. The number of likely N-dealkylation sites (tertiary alicyclic amines) is 1. The molecule has 2 aromatic rings. The van der Waals surface area contributed by atoms with Crippen molar-refractivity contribution in [2.45, 2.75) is 18.6 Å². The molecule has 1 aliphatic rings. The van der Waals surface area contributed by atoms with Gasteiger partial charge in [0.15, 0.2) is 0 Å². The molecule has 1 aromatic heterocycles. The predicted octanol–water partition coefficient (Wildman–Crippen LogP) is 0.717. The molecule has 0 spiro atoms. The first-order chi connectivity index (χ1) is 10.5. The quantitative estimate of drug-likeness (QED) is 0.867. The van der Waals surface area contributed by atoms with Gasteiger partial charge in [0.25, 0.3) is 5.91 Å². The molecular formula is C14H18N4O3S. The molecule has 1 aliphatic heterocycles. The molecule has 0 saturated carbocycles. The van der Waals surface area contributed by atoms with E-state index in [9.17, 15) is 13.2 Å². The van der Waals surface area contributed by atoms with Crippen molar-refractivity contribution in [3.63, 3.8) is 0 Å². The summed E-state index contributed by atoms with van der Waals surface area (Å²) in [7, 11) is -3.35. The predicted molar refractivity (Wildman–Crippen MR) is 83.0 cm³/mol. The van der Waals surface area contributed by atoms with Crippen molar-refractivity contribution in [1.29, 1.82) is 0 Å². The first-order valence-electron chi connectivity index (χ1n) is 7.23. The molecule has 2 N–H and O–H groups in total. The van der Waals surface area contributed by atoms with Crippen molar-refractivity contribution in [3.8, 4) is 0 Å². The summed E-state index contributed by atoms with van der Waals surface area (Å²) < 4.78 is 26.6. The highest BCUT2D eigenvalue weighted by Gasteiger charge is 2.35. The summed E-state index contributed by atoms with van der Waals surface area (Å²) in [6.07, 6.45) is 2.12. The van der Waals surface area contributed by atoms with Gasteiger partial charge in [-0.05, 0) is 12.5 Å². The van der Waals surface area contributed by atoms with Crippen molar-refractivity contribution in [1.82, 2.24) is 19.8 Å². The van der Waals surface area contributed by atoms with Crippen LogP contribution in [0.4, 0.5) is 0 Å². The molecule has 7 nitrogen and oxygen atoms in total. The SMILES string of the molecule is CCNS(=O)(=O)C1CCN(C(=O)c2cccc3cn[nH]c23)C1. The Bertz CT molecular complexity index is 799. The van der Waals surface area contributed by atoms with E-state index in [1.54, 1.807) is 30.2 Å². The van der Waals surface area contributed by atoms with Crippen LogP contribution in [0.5, 0.6) is 0 Å². The molecule has 3 rings (SSSR count). The molecule has 2 heterocycles. The maximum absolute atomic E-state index is 12.7. The van der Waals surface area contributed by atoms with Crippen LogP contribution in [-0.4, -0.2) is 54.3 Å². The topological polar surface area (TPSA) is 95.2 Å². The van der Waals surface area contributed by atoms with Crippen LogP contribution in [0.1, 0.15) is 23.7 Å². The van der Waals surface area contributed by atoms with Gasteiger partial charge >= 0.3 is 0 Å². The van der Waals surface area contributed by atoms with E-state index in [0.29, 0.717) is 30.6 Å². The summed E-state index contributed by atoms with van der Waals surface area (Å²) in [5.41, 5.74) is 1.21. The van der Waals surface area contributed by atoms with Gasteiger partial charge in [-0.15, -0.1) is 0 Å². The van der Waals surface area contributed by atoms with Crippen molar-refractivity contribution in [2.75, 3.05) is 19.6 Å². The van der Waals surface area contributed by atoms with E-state index in [4.69, 9.17) is 0 Å². The number of aromatic nitrogens is 2. The van der Waals surface area contributed by atoms with Crippen molar-refractivity contribution in [2.24, 2.45) is 0 Å². The Balaban J connectivity index is 1.81. The lowest BCUT2D eigenvalue weighted by atomic mass is 10.1. The Hall–Kier alpha value is -1.93. The molecule has 1 aromatic carbocycles. The Morgan fingerprint density at radius 1 is 1.50 bits per heavy atom. The van der Waals surface area contributed by atoms with E-state index in [0.717, 1.165) is 5.39 Å². The molecule has 1 saturated heterocycles. The summed E-state index contributed by atoms with van der Waals surface area (Å²) >= 11 is 0. The number of para-hydroxylation sites is 1. The second-order valence-electron chi connectivity index (χ2n) is 5.34. The minimum absolute atomic E-state index is 0.163. The van der Waals surface area contributed by atoms with Gasteiger partial charge < -0.3 is 4.90 Å². The van der Waals surface area contributed by atoms with Crippen LogP contribution >= 0.6 is 0 Å². The number of fused-ring (bicyclic) bond motifs is 1. The van der Waals surface area contributed by atoms with Gasteiger partial charge in [0.05, 0.1) is 22.5 Å². The Labute approximate surface area is 128 Å². The first-order valence-corrected chi connectivity index (χ1v) is 8.77. The average molecular weight is 322 g/mol. The lowest BCUT2D eigenvalue weighted by Gasteiger charge is -2.17. The Kier molecular flexibility index (Phi) is 3.88. The van der Waals surface area contributed by atoms with E-state index in [1.165, 1.54) is 0 Å². The zero-order valence-corrected chi connectivity index (χ0v) is 13.1. The number of sulfonamides is 1. The fourth-order valence-electron chi connectivity index (χ4n) is 2.80. The maximum Gasteiger partial charge on any atom is 0.256 e. The van der Waals surface area contributed by atoms with E-state index in [1.807, 2.05) is 6.07 Å². The molecule has 1 amide bonds. The van der Waals surface area contributed by atoms with Crippen LogP contribution in [0.15, 0.2) is 24.4 Å². The maximum atomic E-state index is 12.7. The summed E-state index contributed by atoms with van der Waals surface area (Å²) in [6, 6.07) is 5.40. The van der Waals surface area contributed by atoms with Gasteiger partial charge in [-0.3, -0.25) is 9.89 Å². The molecule has 8 heteroatoms. The monoisotopic (exact) mass is 322 g/mol. The fraction of sp³-hybridized carbons (Fsp3) is 0.429. The van der Waals surface area contributed by atoms with Crippen LogP contribution in [0, 0.1) is 0 Å². The number of hydrogen-bond acceptors (Lipinski definition) is 4. The summed E-state index contributed by atoms with van der Waals surface area (Å²) in [5, 5.41) is 7.09.